The van der Waals surface area contributed by atoms with Gasteiger partial charge in [0.15, 0.2) is 0 Å². The number of sulfonamides is 1. The molecule has 1 saturated heterocycles. The van der Waals surface area contributed by atoms with Gasteiger partial charge in [0.25, 0.3) is 5.91 Å². The quantitative estimate of drug-likeness (QED) is 0.760. The second-order valence-corrected chi connectivity index (χ2v) is 9.93. The van der Waals surface area contributed by atoms with Gasteiger partial charge in [0.1, 0.15) is 5.76 Å². The third-order valence-corrected chi connectivity index (χ3v) is 8.12. The monoisotopic (exact) mass is 416 g/mol. The Balaban J connectivity index is 1.41. The summed E-state index contributed by atoms with van der Waals surface area (Å²) < 4.78 is 32.8. The summed E-state index contributed by atoms with van der Waals surface area (Å²) in [4.78, 5) is 14.6. The van der Waals surface area contributed by atoms with E-state index in [-0.39, 0.29) is 5.91 Å². The molecular weight excluding hydrogens is 388 g/mol. The smallest absolute Gasteiger partial charge is 0.257 e. The Hall–Kier alpha value is -2.12. The Labute approximate surface area is 172 Å². The van der Waals surface area contributed by atoms with Crippen LogP contribution in [0.4, 0.5) is 0 Å². The van der Waals surface area contributed by atoms with Crippen LogP contribution in [0.1, 0.15) is 59.7 Å². The average Bonchev–Trinajstić information content (AvgIpc) is 3.20. The fourth-order valence-electron chi connectivity index (χ4n) is 4.41. The van der Waals surface area contributed by atoms with Crippen LogP contribution in [0.5, 0.6) is 0 Å². The van der Waals surface area contributed by atoms with Gasteiger partial charge in [-0.3, -0.25) is 4.79 Å². The van der Waals surface area contributed by atoms with Gasteiger partial charge in [-0.15, -0.1) is 0 Å². The van der Waals surface area contributed by atoms with Gasteiger partial charge in [0, 0.05) is 26.2 Å². The molecule has 4 rings (SSSR count). The number of furan rings is 1. The minimum atomic E-state index is -3.54. The van der Waals surface area contributed by atoms with Crippen LogP contribution in [0.15, 0.2) is 45.9 Å². The molecule has 6 nitrogen and oxygen atoms in total. The van der Waals surface area contributed by atoms with Crippen LogP contribution in [0.3, 0.4) is 0 Å². The van der Waals surface area contributed by atoms with Crippen LogP contribution >= 0.6 is 0 Å². The van der Waals surface area contributed by atoms with Crippen molar-refractivity contribution >= 4 is 15.9 Å². The Morgan fingerprint density at radius 1 is 0.966 bits per heavy atom. The van der Waals surface area contributed by atoms with E-state index in [1.807, 2.05) is 12.1 Å². The molecule has 2 heterocycles. The van der Waals surface area contributed by atoms with Gasteiger partial charge in [0.05, 0.1) is 16.7 Å². The molecule has 0 radical (unpaired) electrons. The predicted octanol–water partition coefficient (Wildman–Crippen LogP) is 3.78. The molecule has 1 saturated carbocycles. The second kappa shape index (κ2) is 8.32. The molecule has 1 amide bonds. The SMILES string of the molecule is Cc1occc1C(=O)N1CCN(S(=O)(=O)c2ccc(C3CCCCC3)cc2)CC1. The maximum atomic E-state index is 13.0. The third kappa shape index (κ3) is 4.12. The summed E-state index contributed by atoms with van der Waals surface area (Å²) in [5.41, 5.74) is 1.79. The number of hydrogen-bond donors (Lipinski definition) is 0. The lowest BCUT2D eigenvalue weighted by Crippen LogP contribution is -2.50. The molecule has 1 aliphatic heterocycles. The number of carbonyl (C=O) groups excluding carboxylic acids is 1. The molecule has 7 heteroatoms. The number of carbonyl (C=O) groups is 1. The molecule has 2 fully saturated rings. The van der Waals surface area contributed by atoms with E-state index >= 15 is 0 Å². The van der Waals surface area contributed by atoms with Crippen LogP contribution < -0.4 is 0 Å². The van der Waals surface area contributed by atoms with E-state index < -0.39 is 10.0 Å². The first-order valence-corrected chi connectivity index (χ1v) is 11.8. The first kappa shape index (κ1) is 20.2. The lowest BCUT2D eigenvalue weighted by atomic mass is 9.84. The normalized spacial score (nSPS) is 19.4. The molecule has 0 N–H and O–H groups in total. The number of nitrogens with zero attached hydrogens (tertiary/aromatic N) is 2. The number of piperazine rings is 1. The molecule has 156 valence electrons. The van der Waals surface area contributed by atoms with Crippen molar-refractivity contribution in [1.82, 2.24) is 9.21 Å². The van der Waals surface area contributed by atoms with Gasteiger partial charge < -0.3 is 9.32 Å². The van der Waals surface area contributed by atoms with Crippen molar-refractivity contribution in [2.45, 2.75) is 49.8 Å². The van der Waals surface area contributed by atoms with Crippen LogP contribution in [0, 0.1) is 6.92 Å². The van der Waals surface area contributed by atoms with E-state index in [0.29, 0.717) is 48.3 Å². The summed E-state index contributed by atoms with van der Waals surface area (Å²) >= 11 is 0. The fourth-order valence-corrected chi connectivity index (χ4v) is 5.83. The molecule has 2 aromatic rings. The topological polar surface area (TPSA) is 70.8 Å². The second-order valence-electron chi connectivity index (χ2n) is 7.99. The van der Waals surface area contributed by atoms with Gasteiger partial charge in [-0.1, -0.05) is 31.4 Å². The largest absolute Gasteiger partial charge is 0.469 e. The van der Waals surface area contributed by atoms with Gasteiger partial charge in [-0.2, -0.15) is 4.31 Å². The zero-order chi connectivity index (χ0) is 20.4. The first-order valence-electron chi connectivity index (χ1n) is 10.4. The van der Waals surface area contributed by atoms with Crippen LogP contribution in [-0.4, -0.2) is 49.7 Å². The van der Waals surface area contributed by atoms with Gasteiger partial charge in [-0.05, 0) is 49.4 Å². The standard InChI is InChI=1S/C22H28N2O4S/c1-17-21(11-16-28-17)22(25)23-12-14-24(15-13-23)29(26,27)20-9-7-19(8-10-20)18-5-3-2-4-6-18/h7-11,16,18H,2-6,12-15H2,1H3. The molecule has 0 spiro atoms. The van der Waals surface area contributed by atoms with E-state index in [1.54, 1.807) is 30.0 Å². The van der Waals surface area contributed by atoms with Gasteiger partial charge in [-0.25, -0.2) is 8.42 Å². The number of aryl methyl sites for hydroxylation is 1. The highest BCUT2D eigenvalue weighted by Gasteiger charge is 2.31. The number of benzene rings is 1. The van der Waals surface area contributed by atoms with Crippen molar-refractivity contribution in [2.24, 2.45) is 0 Å². The molecule has 2 aliphatic rings. The van der Waals surface area contributed by atoms with Gasteiger partial charge >= 0.3 is 0 Å². The Morgan fingerprint density at radius 2 is 1.62 bits per heavy atom. The summed E-state index contributed by atoms with van der Waals surface area (Å²) in [5.74, 6) is 1.04. The lowest BCUT2D eigenvalue weighted by molar-refractivity contribution is 0.0696. The van der Waals surface area contributed by atoms with Gasteiger partial charge in [0.2, 0.25) is 10.0 Å². The first-order chi connectivity index (χ1) is 14.0. The molecule has 0 bridgehead atoms. The minimum absolute atomic E-state index is 0.106. The Bertz CT molecular complexity index is 951. The highest BCUT2D eigenvalue weighted by molar-refractivity contribution is 7.89. The van der Waals surface area contributed by atoms with Crippen molar-refractivity contribution in [1.29, 1.82) is 0 Å². The van der Waals surface area contributed by atoms with E-state index in [0.717, 1.165) is 0 Å². The number of amides is 1. The summed E-state index contributed by atoms with van der Waals surface area (Å²) in [6.45, 7) is 3.11. The lowest BCUT2D eigenvalue weighted by Gasteiger charge is -2.34. The van der Waals surface area contributed by atoms with Crippen molar-refractivity contribution < 1.29 is 17.6 Å². The fraction of sp³-hybridized carbons (Fsp3) is 0.500. The zero-order valence-electron chi connectivity index (χ0n) is 16.8. The van der Waals surface area contributed by atoms with Crippen molar-refractivity contribution in [3.8, 4) is 0 Å². The van der Waals surface area contributed by atoms with E-state index in [9.17, 15) is 13.2 Å². The van der Waals surface area contributed by atoms with Crippen molar-refractivity contribution in [3.05, 3.63) is 53.5 Å². The highest BCUT2D eigenvalue weighted by Crippen LogP contribution is 2.33. The predicted molar refractivity (Wildman–Crippen MR) is 110 cm³/mol. The number of hydrogen-bond acceptors (Lipinski definition) is 4. The summed E-state index contributed by atoms with van der Waals surface area (Å²) in [6, 6.07) is 9.10. The van der Waals surface area contributed by atoms with E-state index in [1.165, 1.54) is 48.2 Å². The molecule has 0 atom stereocenters. The Kier molecular flexibility index (Phi) is 5.79. The van der Waals surface area contributed by atoms with E-state index in [4.69, 9.17) is 4.42 Å². The molecule has 1 aromatic heterocycles. The van der Waals surface area contributed by atoms with E-state index in [2.05, 4.69) is 0 Å². The van der Waals surface area contributed by atoms with Crippen molar-refractivity contribution in [2.75, 3.05) is 26.2 Å². The Morgan fingerprint density at radius 3 is 2.21 bits per heavy atom. The maximum absolute atomic E-state index is 13.0. The number of rotatable bonds is 4. The molecule has 29 heavy (non-hydrogen) atoms. The zero-order valence-corrected chi connectivity index (χ0v) is 17.7. The highest BCUT2D eigenvalue weighted by atomic mass is 32.2. The maximum Gasteiger partial charge on any atom is 0.257 e. The van der Waals surface area contributed by atoms with Crippen molar-refractivity contribution in [3.63, 3.8) is 0 Å². The summed E-state index contributed by atoms with van der Waals surface area (Å²) in [5, 5.41) is 0. The molecule has 1 aromatic carbocycles. The third-order valence-electron chi connectivity index (χ3n) is 6.21. The molecule has 1 aliphatic carbocycles. The van der Waals surface area contributed by atoms with Crippen LogP contribution in [0.2, 0.25) is 0 Å². The molecular formula is C22H28N2O4S. The average molecular weight is 417 g/mol. The summed E-state index contributed by atoms with van der Waals surface area (Å²) in [7, 11) is -3.54. The van der Waals surface area contributed by atoms with Crippen LogP contribution in [0.25, 0.3) is 0 Å². The summed E-state index contributed by atoms with van der Waals surface area (Å²) in [6.07, 6.45) is 7.70. The van der Waals surface area contributed by atoms with Crippen LogP contribution in [-0.2, 0) is 10.0 Å². The molecule has 0 unspecified atom stereocenters. The minimum Gasteiger partial charge on any atom is -0.469 e.